The molecule has 1 saturated carbocycles. The van der Waals surface area contributed by atoms with Gasteiger partial charge in [0.25, 0.3) is 0 Å². The molecule has 0 radical (unpaired) electrons. The number of fused-ring (bicyclic) bond motifs is 1. The number of likely N-dealkylation sites (tertiary alicyclic amines) is 1. The van der Waals surface area contributed by atoms with Crippen molar-refractivity contribution in [2.24, 2.45) is 5.92 Å². The molecule has 2 saturated heterocycles. The van der Waals surface area contributed by atoms with Gasteiger partial charge in [-0.15, -0.1) is 0 Å². The SMILES string of the molecule is O=C(C1CC2CCCCC2N1)N1CCC(OCc2ccccc2)CC1. The molecule has 3 unspecified atom stereocenters. The summed E-state index contributed by atoms with van der Waals surface area (Å²) in [6.07, 6.45) is 8.46. The van der Waals surface area contributed by atoms with Gasteiger partial charge in [0.15, 0.2) is 0 Å². The van der Waals surface area contributed by atoms with Crippen LogP contribution >= 0.6 is 0 Å². The molecular weight excluding hydrogens is 312 g/mol. The van der Waals surface area contributed by atoms with Crippen molar-refractivity contribution in [2.75, 3.05) is 13.1 Å². The highest BCUT2D eigenvalue weighted by molar-refractivity contribution is 5.82. The van der Waals surface area contributed by atoms with Crippen LogP contribution in [0.5, 0.6) is 0 Å². The van der Waals surface area contributed by atoms with Gasteiger partial charge in [0.1, 0.15) is 0 Å². The number of carbonyl (C=O) groups is 1. The minimum Gasteiger partial charge on any atom is -0.373 e. The van der Waals surface area contributed by atoms with E-state index in [9.17, 15) is 4.79 Å². The molecular formula is C21H30N2O2. The first-order valence-corrected chi connectivity index (χ1v) is 10.00. The lowest BCUT2D eigenvalue weighted by Crippen LogP contribution is -2.49. The number of benzene rings is 1. The first-order chi connectivity index (χ1) is 12.3. The Morgan fingerprint density at radius 1 is 1.08 bits per heavy atom. The Morgan fingerprint density at radius 2 is 1.84 bits per heavy atom. The van der Waals surface area contributed by atoms with Gasteiger partial charge in [0, 0.05) is 19.1 Å². The highest BCUT2D eigenvalue weighted by Gasteiger charge is 2.40. The summed E-state index contributed by atoms with van der Waals surface area (Å²) in [6.45, 7) is 2.35. The van der Waals surface area contributed by atoms with Crippen LogP contribution in [-0.4, -0.2) is 42.1 Å². The number of rotatable bonds is 4. The third kappa shape index (κ3) is 4.06. The van der Waals surface area contributed by atoms with Crippen LogP contribution in [0.25, 0.3) is 0 Å². The van der Waals surface area contributed by atoms with E-state index in [4.69, 9.17) is 4.74 Å². The fourth-order valence-corrected chi connectivity index (χ4v) is 4.76. The molecule has 1 aromatic rings. The molecule has 25 heavy (non-hydrogen) atoms. The molecule has 1 amide bonds. The van der Waals surface area contributed by atoms with Crippen molar-refractivity contribution in [1.82, 2.24) is 10.2 Å². The van der Waals surface area contributed by atoms with Crippen molar-refractivity contribution in [3.05, 3.63) is 35.9 Å². The zero-order valence-corrected chi connectivity index (χ0v) is 15.0. The molecule has 4 nitrogen and oxygen atoms in total. The average Bonchev–Trinajstić information content (AvgIpc) is 3.11. The summed E-state index contributed by atoms with van der Waals surface area (Å²) in [6, 6.07) is 11.0. The Morgan fingerprint density at radius 3 is 2.60 bits per heavy atom. The second kappa shape index (κ2) is 7.88. The number of hydrogen-bond acceptors (Lipinski definition) is 3. The number of hydrogen-bond donors (Lipinski definition) is 1. The van der Waals surface area contributed by atoms with E-state index in [0.29, 0.717) is 18.6 Å². The molecule has 1 N–H and O–H groups in total. The van der Waals surface area contributed by atoms with Crippen molar-refractivity contribution in [2.45, 2.75) is 69.7 Å². The number of nitrogens with zero attached hydrogens (tertiary/aromatic N) is 1. The second-order valence-electron chi connectivity index (χ2n) is 7.93. The third-order valence-corrected chi connectivity index (χ3v) is 6.24. The zero-order chi connectivity index (χ0) is 17.1. The van der Waals surface area contributed by atoms with E-state index in [1.807, 2.05) is 18.2 Å². The van der Waals surface area contributed by atoms with Crippen molar-refractivity contribution in [1.29, 1.82) is 0 Å². The van der Waals surface area contributed by atoms with E-state index in [2.05, 4.69) is 22.3 Å². The maximum Gasteiger partial charge on any atom is 0.239 e. The fourth-order valence-electron chi connectivity index (χ4n) is 4.76. The van der Waals surface area contributed by atoms with E-state index in [1.165, 1.54) is 31.2 Å². The standard InChI is InChI=1S/C21H30N2O2/c24-21(20-14-17-8-4-5-9-19(17)22-20)23-12-10-18(11-13-23)25-15-16-6-2-1-3-7-16/h1-3,6-7,17-20,22H,4-5,8-15H2. The molecule has 136 valence electrons. The molecule has 2 aliphatic heterocycles. The quantitative estimate of drug-likeness (QED) is 0.914. The lowest BCUT2D eigenvalue weighted by molar-refractivity contribution is -0.136. The number of nitrogens with one attached hydrogen (secondary N) is 1. The fraction of sp³-hybridized carbons (Fsp3) is 0.667. The summed E-state index contributed by atoms with van der Waals surface area (Å²) in [5.74, 6) is 1.06. The van der Waals surface area contributed by atoms with Gasteiger partial charge in [-0.25, -0.2) is 0 Å². The first-order valence-electron chi connectivity index (χ1n) is 10.00. The summed E-state index contributed by atoms with van der Waals surface area (Å²) in [4.78, 5) is 14.9. The van der Waals surface area contributed by atoms with Crippen molar-refractivity contribution >= 4 is 5.91 Å². The van der Waals surface area contributed by atoms with E-state index in [1.54, 1.807) is 0 Å². The van der Waals surface area contributed by atoms with E-state index in [0.717, 1.165) is 38.3 Å². The number of amides is 1. The molecule has 3 aliphatic rings. The van der Waals surface area contributed by atoms with Gasteiger partial charge in [-0.1, -0.05) is 43.2 Å². The first kappa shape index (κ1) is 17.0. The van der Waals surface area contributed by atoms with Gasteiger partial charge in [0.2, 0.25) is 5.91 Å². The minimum atomic E-state index is 0.0647. The van der Waals surface area contributed by atoms with Gasteiger partial charge in [-0.2, -0.15) is 0 Å². The third-order valence-electron chi connectivity index (χ3n) is 6.24. The maximum absolute atomic E-state index is 12.9. The van der Waals surface area contributed by atoms with Gasteiger partial charge < -0.3 is 15.0 Å². The predicted octanol–water partition coefficient (Wildman–Crippen LogP) is 3.11. The Labute approximate surface area is 150 Å². The molecule has 3 atom stereocenters. The highest BCUT2D eigenvalue weighted by Crippen LogP contribution is 2.34. The van der Waals surface area contributed by atoms with Crippen LogP contribution in [0.1, 0.15) is 50.5 Å². The Bertz CT molecular complexity index is 555. The summed E-state index contributed by atoms with van der Waals surface area (Å²) in [5, 5.41) is 3.63. The molecule has 0 aromatic heterocycles. The molecule has 0 spiro atoms. The number of ether oxygens (including phenoxy) is 1. The molecule has 2 heterocycles. The van der Waals surface area contributed by atoms with Crippen LogP contribution in [0.3, 0.4) is 0 Å². The van der Waals surface area contributed by atoms with Crippen LogP contribution in [0.15, 0.2) is 30.3 Å². The number of carbonyl (C=O) groups excluding carboxylic acids is 1. The largest absolute Gasteiger partial charge is 0.373 e. The maximum atomic E-state index is 12.9. The minimum absolute atomic E-state index is 0.0647. The second-order valence-corrected chi connectivity index (χ2v) is 7.93. The van der Waals surface area contributed by atoms with Crippen LogP contribution in [-0.2, 0) is 16.1 Å². The topological polar surface area (TPSA) is 41.6 Å². The average molecular weight is 342 g/mol. The molecule has 1 aliphatic carbocycles. The molecule has 0 bridgehead atoms. The van der Waals surface area contributed by atoms with Crippen LogP contribution in [0, 0.1) is 5.92 Å². The van der Waals surface area contributed by atoms with Crippen molar-refractivity contribution in [3.8, 4) is 0 Å². The van der Waals surface area contributed by atoms with Gasteiger partial charge in [-0.3, -0.25) is 4.79 Å². The Hall–Kier alpha value is -1.39. The monoisotopic (exact) mass is 342 g/mol. The van der Waals surface area contributed by atoms with Gasteiger partial charge in [-0.05, 0) is 43.6 Å². The normalized spacial score (nSPS) is 30.2. The summed E-state index contributed by atoms with van der Waals surface area (Å²) >= 11 is 0. The predicted molar refractivity (Wildman–Crippen MR) is 98.1 cm³/mol. The Balaban J connectivity index is 1.22. The lowest BCUT2D eigenvalue weighted by Gasteiger charge is -2.33. The molecule has 3 fully saturated rings. The summed E-state index contributed by atoms with van der Waals surface area (Å²) in [5.41, 5.74) is 1.22. The number of piperidine rings is 1. The lowest BCUT2D eigenvalue weighted by atomic mass is 9.85. The highest BCUT2D eigenvalue weighted by atomic mass is 16.5. The van der Waals surface area contributed by atoms with Gasteiger partial charge in [0.05, 0.1) is 18.8 Å². The van der Waals surface area contributed by atoms with Crippen molar-refractivity contribution < 1.29 is 9.53 Å². The molecule has 4 rings (SSSR count). The smallest absolute Gasteiger partial charge is 0.239 e. The van der Waals surface area contributed by atoms with Crippen molar-refractivity contribution in [3.63, 3.8) is 0 Å². The van der Waals surface area contributed by atoms with Crippen LogP contribution in [0.2, 0.25) is 0 Å². The van der Waals surface area contributed by atoms with Crippen LogP contribution in [0.4, 0.5) is 0 Å². The zero-order valence-electron chi connectivity index (χ0n) is 15.0. The molecule has 4 heteroatoms. The summed E-state index contributed by atoms with van der Waals surface area (Å²) in [7, 11) is 0. The van der Waals surface area contributed by atoms with E-state index < -0.39 is 0 Å². The van der Waals surface area contributed by atoms with E-state index >= 15 is 0 Å². The Kier molecular flexibility index (Phi) is 5.37. The van der Waals surface area contributed by atoms with E-state index in [-0.39, 0.29) is 12.1 Å². The molecule has 1 aromatic carbocycles. The van der Waals surface area contributed by atoms with Gasteiger partial charge >= 0.3 is 0 Å². The summed E-state index contributed by atoms with van der Waals surface area (Å²) < 4.78 is 6.05. The van der Waals surface area contributed by atoms with Crippen LogP contribution < -0.4 is 5.32 Å².